The van der Waals surface area contributed by atoms with Crippen molar-refractivity contribution >= 4 is 28.9 Å². The molecule has 0 unspecified atom stereocenters. The zero-order chi connectivity index (χ0) is 24.1. The van der Waals surface area contributed by atoms with E-state index in [1.165, 1.54) is 0 Å². The number of carboxylic acids is 1. The van der Waals surface area contributed by atoms with Crippen molar-refractivity contribution in [3.63, 3.8) is 0 Å². The van der Waals surface area contributed by atoms with E-state index >= 15 is 0 Å². The number of rotatable bonds is 8. The van der Waals surface area contributed by atoms with E-state index in [4.69, 9.17) is 11.6 Å². The largest absolute Gasteiger partial charge is 0.481 e. The van der Waals surface area contributed by atoms with Crippen molar-refractivity contribution in [1.82, 2.24) is 5.32 Å². The lowest BCUT2D eigenvalue weighted by Crippen LogP contribution is -2.44. The van der Waals surface area contributed by atoms with Gasteiger partial charge in [-0.15, -0.1) is 0 Å². The molecule has 3 aromatic carbocycles. The predicted octanol–water partition coefficient (Wildman–Crippen LogP) is 5.18. The monoisotopic (exact) mass is 474 g/mol. The highest BCUT2D eigenvalue weighted by Gasteiger charge is 2.28. The van der Waals surface area contributed by atoms with Crippen LogP contribution in [0.15, 0.2) is 66.7 Å². The number of fused-ring (bicyclic) bond motifs is 1. The van der Waals surface area contributed by atoms with Crippen LogP contribution in [0.4, 0.5) is 11.4 Å². The zero-order valence-electron chi connectivity index (χ0n) is 18.9. The zero-order valence-corrected chi connectivity index (χ0v) is 19.6. The lowest BCUT2D eigenvalue weighted by molar-refractivity contribution is -0.138. The van der Waals surface area contributed by atoms with Gasteiger partial charge < -0.3 is 21.1 Å². The normalized spacial score (nSPS) is 16.3. The first kappa shape index (κ1) is 23.6. The third-order valence-corrected chi connectivity index (χ3v) is 6.65. The molecular formula is C27H27ClN4O2. The number of benzene rings is 3. The van der Waals surface area contributed by atoms with Crippen LogP contribution in [-0.4, -0.2) is 30.2 Å². The van der Waals surface area contributed by atoms with Gasteiger partial charge in [-0.25, -0.2) is 0 Å². The predicted molar refractivity (Wildman–Crippen MR) is 135 cm³/mol. The number of hydrogen-bond donors (Lipinski definition) is 4. The van der Waals surface area contributed by atoms with Crippen molar-refractivity contribution in [2.75, 3.05) is 23.7 Å². The third kappa shape index (κ3) is 5.17. The first-order valence-corrected chi connectivity index (χ1v) is 11.7. The molecule has 1 heterocycles. The molecule has 7 heteroatoms. The molecule has 0 radical (unpaired) electrons. The van der Waals surface area contributed by atoms with Crippen molar-refractivity contribution in [2.24, 2.45) is 0 Å². The van der Waals surface area contributed by atoms with E-state index in [9.17, 15) is 15.2 Å². The van der Waals surface area contributed by atoms with Gasteiger partial charge in [0, 0.05) is 11.6 Å². The molecule has 0 spiro atoms. The number of aliphatic carboxylic acids is 1. The average molecular weight is 475 g/mol. The number of halogens is 1. The van der Waals surface area contributed by atoms with Crippen LogP contribution in [0.1, 0.15) is 41.1 Å². The summed E-state index contributed by atoms with van der Waals surface area (Å²) in [5.41, 5.74) is 5.19. The number of nitrogens with zero attached hydrogens (tertiary/aromatic N) is 1. The summed E-state index contributed by atoms with van der Waals surface area (Å²) in [5.74, 6) is -1.47. The molecule has 1 aliphatic heterocycles. The second kappa shape index (κ2) is 10.6. The van der Waals surface area contributed by atoms with E-state index in [0.717, 1.165) is 22.5 Å². The number of nitriles is 1. The molecule has 0 bridgehead atoms. The third-order valence-electron chi connectivity index (χ3n) is 6.29. The van der Waals surface area contributed by atoms with E-state index < -0.39 is 11.9 Å². The van der Waals surface area contributed by atoms with Gasteiger partial charge in [0.1, 0.15) is 6.07 Å². The summed E-state index contributed by atoms with van der Waals surface area (Å²) < 4.78 is 0. The minimum Gasteiger partial charge on any atom is -0.481 e. The molecule has 0 aromatic heterocycles. The fourth-order valence-corrected chi connectivity index (χ4v) is 4.58. The molecule has 3 atom stereocenters. The number of para-hydroxylation sites is 1. The minimum absolute atomic E-state index is 0.00122. The van der Waals surface area contributed by atoms with Gasteiger partial charge in [0.2, 0.25) is 0 Å². The van der Waals surface area contributed by atoms with Crippen molar-refractivity contribution in [1.29, 1.82) is 5.26 Å². The van der Waals surface area contributed by atoms with Gasteiger partial charge in [0.15, 0.2) is 0 Å². The molecular weight excluding hydrogens is 448 g/mol. The van der Waals surface area contributed by atoms with Gasteiger partial charge in [-0.2, -0.15) is 5.26 Å². The molecule has 0 fully saturated rings. The highest BCUT2D eigenvalue weighted by Crippen LogP contribution is 2.33. The second-order valence-electron chi connectivity index (χ2n) is 8.47. The van der Waals surface area contributed by atoms with Gasteiger partial charge in [0.05, 0.1) is 34.9 Å². The van der Waals surface area contributed by atoms with Crippen molar-refractivity contribution in [3.05, 3.63) is 94.0 Å². The van der Waals surface area contributed by atoms with Crippen LogP contribution < -0.4 is 16.0 Å². The number of hydrogen-bond acceptors (Lipinski definition) is 5. The van der Waals surface area contributed by atoms with Crippen molar-refractivity contribution in [2.45, 2.75) is 31.3 Å². The maximum Gasteiger partial charge on any atom is 0.310 e. The molecule has 4 rings (SSSR count). The van der Waals surface area contributed by atoms with Crippen molar-refractivity contribution in [3.8, 4) is 6.07 Å². The number of anilines is 2. The molecule has 1 aliphatic rings. The Bertz CT molecular complexity index is 1210. The summed E-state index contributed by atoms with van der Waals surface area (Å²) in [4.78, 5) is 11.3. The Morgan fingerprint density at radius 3 is 2.68 bits per heavy atom. The Hall–Kier alpha value is -3.53. The van der Waals surface area contributed by atoms with Crippen LogP contribution in [-0.2, 0) is 11.2 Å². The number of carboxylic acid groups (broad SMARTS) is 1. The fourth-order valence-electron chi connectivity index (χ4n) is 4.30. The Morgan fingerprint density at radius 1 is 1.18 bits per heavy atom. The lowest BCUT2D eigenvalue weighted by atomic mass is 9.95. The Balaban J connectivity index is 1.49. The molecule has 0 saturated heterocycles. The fraction of sp³-hybridized carbons (Fsp3) is 0.259. The van der Waals surface area contributed by atoms with Crippen LogP contribution in [0.3, 0.4) is 0 Å². The van der Waals surface area contributed by atoms with E-state index in [1.807, 2.05) is 48.5 Å². The first-order valence-electron chi connectivity index (χ1n) is 11.3. The Kier molecular flexibility index (Phi) is 7.36. The van der Waals surface area contributed by atoms with E-state index in [1.54, 1.807) is 13.0 Å². The highest BCUT2D eigenvalue weighted by molar-refractivity contribution is 6.31. The molecule has 3 aromatic rings. The van der Waals surface area contributed by atoms with Gasteiger partial charge in [-0.1, -0.05) is 60.1 Å². The number of carbonyl (C=O) groups is 1. The molecule has 174 valence electrons. The first-order chi connectivity index (χ1) is 16.5. The SMILES string of the molecule is C[C@H](C(=O)O)c1ccc(CCN[C@H](c2ccccc2)[C@H]2CNc3cccc(C#N)c3N2)c(Cl)c1. The standard InChI is InChI=1S/C27H27ClN4O2/c1-17(27(33)34)20-11-10-18(22(28)14-20)12-13-30-25(19-6-3-2-4-7-19)24-16-31-23-9-5-8-21(15-29)26(23)32-24/h2-11,14,17,24-25,30-32H,12-13,16H2,1H3,(H,33,34)/t17-,24+,25+/m0/s1. The van der Waals surface area contributed by atoms with Crippen LogP contribution in [0.25, 0.3) is 0 Å². The lowest BCUT2D eigenvalue weighted by Gasteiger charge is -2.35. The second-order valence-corrected chi connectivity index (χ2v) is 8.88. The smallest absolute Gasteiger partial charge is 0.310 e. The molecule has 0 aliphatic carbocycles. The topological polar surface area (TPSA) is 97.2 Å². The number of nitrogens with one attached hydrogen (secondary N) is 3. The minimum atomic E-state index is -0.870. The molecule has 0 amide bonds. The van der Waals surface area contributed by atoms with Crippen LogP contribution in [0.2, 0.25) is 5.02 Å². The maximum absolute atomic E-state index is 11.3. The summed E-state index contributed by atoms with van der Waals surface area (Å²) in [6, 6.07) is 23.7. The van der Waals surface area contributed by atoms with Crippen LogP contribution in [0.5, 0.6) is 0 Å². The average Bonchev–Trinajstić information content (AvgIpc) is 2.86. The van der Waals surface area contributed by atoms with Crippen LogP contribution >= 0.6 is 11.6 Å². The molecule has 0 saturated carbocycles. The molecule has 34 heavy (non-hydrogen) atoms. The van der Waals surface area contributed by atoms with E-state index in [0.29, 0.717) is 35.7 Å². The summed E-state index contributed by atoms with van der Waals surface area (Å²) in [6.45, 7) is 3.04. The van der Waals surface area contributed by atoms with Crippen molar-refractivity contribution < 1.29 is 9.90 Å². The van der Waals surface area contributed by atoms with Crippen LogP contribution in [0, 0.1) is 11.3 Å². The van der Waals surface area contributed by atoms with Gasteiger partial charge >= 0.3 is 5.97 Å². The van der Waals surface area contributed by atoms with E-state index in [2.05, 4.69) is 34.2 Å². The summed E-state index contributed by atoms with van der Waals surface area (Å²) in [6.07, 6.45) is 0.698. The van der Waals surface area contributed by atoms with Gasteiger partial charge in [-0.3, -0.25) is 4.79 Å². The quantitative estimate of drug-likeness (QED) is 0.359. The van der Waals surface area contributed by atoms with Gasteiger partial charge in [0.25, 0.3) is 0 Å². The molecule has 6 nitrogen and oxygen atoms in total. The summed E-state index contributed by atoms with van der Waals surface area (Å²) in [7, 11) is 0. The maximum atomic E-state index is 11.3. The summed E-state index contributed by atoms with van der Waals surface area (Å²) in [5, 5.41) is 30.1. The Labute approximate surface area is 204 Å². The molecule has 4 N–H and O–H groups in total. The summed E-state index contributed by atoms with van der Waals surface area (Å²) >= 11 is 6.48. The van der Waals surface area contributed by atoms with Gasteiger partial charge in [-0.05, 0) is 54.8 Å². The highest BCUT2D eigenvalue weighted by atomic mass is 35.5. The Morgan fingerprint density at radius 2 is 1.97 bits per heavy atom. The van der Waals surface area contributed by atoms with E-state index in [-0.39, 0.29) is 12.1 Å².